The number of hydrogen-bond acceptors (Lipinski definition) is 4. The normalized spacial score (nSPS) is 18.8. The van der Waals surface area contributed by atoms with Crippen LogP contribution in [0.4, 0.5) is 0 Å². The third-order valence-electron chi connectivity index (χ3n) is 5.57. The minimum atomic E-state index is 0.495. The second-order valence-corrected chi connectivity index (χ2v) is 7.65. The molecular formula is C20H36N6O. The zero-order chi connectivity index (χ0) is 18.7. The van der Waals surface area contributed by atoms with E-state index in [2.05, 4.69) is 30.4 Å². The number of aliphatic imine (C=N–C) groups is 1. The highest BCUT2D eigenvalue weighted by Crippen LogP contribution is 2.20. The minimum absolute atomic E-state index is 0.495. The first-order valence-corrected chi connectivity index (χ1v) is 10.8. The standard InChI is InChI=1S/C20H36N6O/c1-21-20(22-13-8-16-27-17-9-4-2-5-10-17)23-14-12-19-25-24-18-11-6-3-7-15-26(18)19/h17H,2-16H2,1H3,(H2,21,22,23). The number of fused-ring (bicyclic) bond motifs is 1. The number of aromatic nitrogens is 3. The quantitative estimate of drug-likeness (QED) is 0.414. The van der Waals surface area contributed by atoms with Crippen LogP contribution >= 0.6 is 0 Å². The maximum atomic E-state index is 5.97. The van der Waals surface area contributed by atoms with Crippen molar-refractivity contribution in [1.82, 2.24) is 25.4 Å². The van der Waals surface area contributed by atoms with E-state index in [0.29, 0.717) is 6.10 Å². The van der Waals surface area contributed by atoms with Gasteiger partial charge in [-0.2, -0.15) is 0 Å². The van der Waals surface area contributed by atoms with Gasteiger partial charge in [0.2, 0.25) is 0 Å². The molecule has 1 aromatic heterocycles. The molecule has 7 nitrogen and oxygen atoms in total. The lowest BCUT2D eigenvalue weighted by atomic mass is 9.98. The maximum absolute atomic E-state index is 5.97. The fourth-order valence-corrected chi connectivity index (χ4v) is 4.00. The molecule has 2 N–H and O–H groups in total. The van der Waals surface area contributed by atoms with E-state index in [1.165, 1.54) is 51.4 Å². The summed E-state index contributed by atoms with van der Waals surface area (Å²) in [6.45, 7) is 3.59. The van der Waals surface area contributed by atoms with Crippen LogP contribution in [0.25, 0.3) is 0 Å². The van der Waals surface area contributed by atoms with Crippen LogP contribution < -0.4 is 10.6 Å². The molecule has 0 bridgehead atoms. The Kier molecular flexibility index (Phi) is 8.39. The first kappa shape index (κ1) is 20.1. The van der Waals surface area contributed by atoms with E-state index in [1.807, 2.05) is 7.05 Å². The third kappa shape index (κ3) is 6.48. The van der Waals surface area contributed by atoms with Gasteiger partial charge in [0.25, 0.3) is 0 Å². The average molecular weight is 377 g/mol. The Bertz CT molecular complexity index is 579. The van der Waals surface area contributed by atoms with E-state index in [4.69, 9.17) is 4.74 Å². The second kappa shape index (κ2) is 11.3. The first-order valence-electron chi connectivity index (χ1n) is 10.8. The highest BCUT2D eigenvalue weighted by molar-refractivity contribution is 5.79. The van der Waals surface area contributed by atoms with Crippen molar-refractivity contribution in [2.75, 3.05) is 26.7 Å². The van der Waals surface area contributed by atoms with Crippen LogP contribution in [0.2, 0.25) is 0 Å². The van der Waals surface area contributed by atoms with Crippen molar-refractivity contribution in [2.24, 2.45) is 4.99 Å². The van der Waals surface area contributed by atoms with Gasteiger partial charge in [0.15, 0.2) is 5.96 Å². The summed E-state index contributed by atoms with van der Waals surface area (Å²) in [6, 6.07) is 0. The van der Waals surface area contributed by atoms with Gasteiger partial charge in [-0.05, 0) is 32.1 Å². The molecule has 0 unspecified atom stereocenters. The van der Waals surface area contributed by atoms with Crippen LogP contribution in [-0.2, 0) is 24.1 Å². The van der Waals surface area contributed by atoms with Gasteiger partial charge >= 0.3 is 0 Å². The number of ether oxygens (including phenoxy) is 1. The molecule has 1 aliphatic carbocycles. The van der Waals surface area contributed by atoms with Gasteiger partial charge in [0.05, 0.1) is 6.10 Å². The molecule has 152 valence electrons. The van der Waals surface area contributed by atoms with E-state index in [1.54, 1.807) is 0 Å². The topological polar surface area (TPSA) is 76.4 Å². The molecule has 1 fully saturated rings. The summed E-state index contributed by atoms with van der Waals surface area (Å²) in [6.07, 6.45) is 13.7. The van der Waals surface area contributed by atoms with E-state index in [9.17, 15) is 0 Å². The Labute approximate surface area is 163 Å². The van der Waals surface area contributed by atoms with Crippen LogP contribution in [0.1, 0.15) is 69.4 Å². The predicted molar refractivity (Wildman–Crippen MR) is 108 cm³/mol. The zero-order valence-electron chi connectivity index (χ0n) is 16.9. The van der Waals surface area contributed by atoms with E-state index < -0.39 is 0 Å². The Morgan fingerprint density at radius 2 is 1.89 bits per heavy atom. The molecule has 27 heavy (non-hydrogen) atoms. The molecule has 2 heterocycles. The summed E-state index contributed by atoms with van der Waals surface area (Å²) >= 11 is 0. The van der Waals surface area contributed by atoms with Crippen LogP contribution in [0.3, 0.4) is 0 Å². The van der Waals surface area contributed by atoms with Crippen LogP contribution in [0, 0.1) is 0 Å². The lowest BCUT2D eigenvalue weighted by Crippen LogP contribution is -2.39. The van der Waals surface area contributed by atoms with Crippen molar-refractivity contribution < 1.29 is 4.74 Å². The number of aryl methyl sites for hydroxylation is 1. The Hall–Kier alpha value is -1.63. The molecule has 0 amide bonds. The van der Waals surface area contributed by atoms with Crippen molar-refractivity contribution in [3.05, 3.63) is 11.6 Å². The lowest BCUT2D eigenvalue weighted by molar-refractivity contribution is 0.0277. The maximum Gasteiger partial charge on any atom is 0.190 e. The summed E-state index contributed by atoms with van der Waals surface area (Å²) in [5, 5.41) is 15.5. The smallest absolute Gasteiger partial charge is 0.190 e. The average Bonchev–Trinajstić information content (AvgIpc) is 2.93. The molecule has 1 aliphatic heterocycles. The van der Waals surface area contributed by atoms with Crippen molar-refractivity contribution in [2.45, 2.75) is 83.3 Å². The minimum Gasteiger partial charge on any atom is -0.378 e. The van der Waals surface area contributed by atoms with Crippen molar-refractivity contribution in [3.8, 4) is 0 Å². The van der Waals surface area contributed by atoms with Gasteiger partial charge in [-0.15, -0.1) is 10.2 Å². The molecule has 3 rings (SSSR count). The molecule has 1 aromatic rings. The van der Waals surface area contributed by atoms with Crippen molar-refractivity contribution >= 4 is 5.96 Å². The molecule has 1 saturated carbocycles. The zero-order valence-corrected chi connectivity index (χ0v) is 16.9. The number of guanidine groups is 1. The number of nitrogens with one attached hydrogen (secondary N) is 2. The monoisotopic (exact) mass is 376 g/mol. The molecule has 0 saturated heterocycles. The van der Waals surface area contributed by atoms with Crippen molar-refractivity contribution in [3.63, 3.8) is 0 Å². The Morgan fingerprint density at radius 3 is 2.74 bits per heavy atom. The van der Waals surface area contributed by atoms with Gasteiger partial charge in [0, 0.05) is 46.1 Å². The molecule has 0 aromatic carbocycles. The van der Waals surface area contributed by atoms with E-state index in [0.717, 1.165) is 63.1 Å². The van der Waals surface area contributed by atoms with Crippen molar-refractivity contribution in [1.29, 1.82) is 0 Å². The third-order valence-corrected chi connectivity index (χ3v) is 5.57. The Balaban J connectivity index is 1.29. The molecule has 0 atom stereocenters. The number of nitrogens with zero attached hydrogens (tertiary/aromatic N) is 4. The van der Waals surface area contributed by atoms with Gasteiger partial charge in [-0.1, -0.05) is 25.7 Å². The summed E-state index contributed by atoms with van der Waals surface area (Å²) in [5.41, 5.74) is 0. The van der Waals surface area contributed by atoms with Gasteiger partial charge in [-0.25, -0.2) is 0 Å². The molecular weight excluding hydrogens is 340 g/mol. The number of hydrogen-bond donors (Lipinski definition) is 2. The van der Waals surface area contributed by atoms with Gasteiger partial charge in [-0.3, -0.25) is 4.99 Å². The fourth-order valence-electron chi connectivity index (χ4n) is 4.00. The van der Waals surface area contributed by atoms with Gasteiger partial charge in [0.1, 0.15) is 11.6 Å². The molecule has 2 aliphatic rings. The summed E-state index contributed by atoms with van der Waals surface area (Å²) in [4.78, 5) is 4.31. The lowest BCUT2D eigenvalue weighted by Gasteiger charge is -2.22. The van der Waals surface area contributed by atoms with Gasteiger partial charge < -0.3 is 19.9 Å². The van der Waals surface area contributed by atoms with Crippen LogP contribution in [0.5, 0.6) is 0 Å². The summed E-state index contributed by atoms with van der Waals surface area (Å²) in [7, 11) is 1.82. The highest BCUT2D eigenvalue weighted by Gasteiger charge is 2.15. The fraction of sp³-hybridized carbons (Fsp3) is 0.850. The molecule has 0 radical (unpaired) electrons. The van der Waals surface area contributed by atoms with E-state index >= 15 is 0 Å². The predicted octanol–water partition coefficient (Wildman–Crippen LogP) is 2.45. The summed E-state index contributed by atoms with van der Waals surface area (Å²) in [5.74, 6) is 3.10. The molecule has 0 spiro atoms. The molecule has 7 heteroatoms. The largest absolute Gasteiger partial charge is 0.378 e. The SMILES string of the molecule is CN=C(NCCCOC1CCCCC1)NCCc1nnc2n1CCCCC2. The highest BCUT2D eigenvalue weighted by atomic mass is 16.5. The van der Waals surface area contributed by atoms with E-state index in [-0.39, 0.29) is 0 Å². The second-order valence-electron chi connectivity index (χ2n) is 7.65. The van der Waals surface area contributed by atoms with Crippen LogP contribution in [0.15, 0.2) is 4.99 Å². The number of rotatable bonds is 8. The first-order chi connectivity index (χ1) is 13.4. The Morgan fingerprint density at radius 1 is 1.07 bits per heavy atom. The van der Waals surface area contributed by atoms with Crippen LogP contribution in [-0.4, -0.2) is 53.6 Å². The summed E-state index contributed by atoms with van der Waals surface area (Å²) < 4.78 is 8.29.